The second kappa shape index (κ2) is 7.58. The number of alkyl halides is 1. The summed E-state index contributed by atoms with van der Waals surface area (Å²) >= 11 is 0. The van der Waals surface area contributed by atoms with Gasteiger partial charge in [0.15, 0.2) is 0 Å². The van der Waals surface area contributed by atoms with Crippen LogP contribution in [0.4, 0.5) is 4.39 Å². The maximum atomic E-state index is 14.2. The molecule has 1 aliphatic heterocycles. The second-order valence-corrected chi connectivity index (χ2v) is 10.7. The zero-order chi connectivity index (χ0) is 20.9. The number of nitrogens with one attached hydrogen (secondary N) is 1. The average molecular weight is 398 g/mol. The molecule has 3 rings (SSSR count). The van der Waals surface area contributed by atoms with Crippen molar-refractivity contribution >= 4 is 11.9 Å². The molecule has 0 bridgehead atoms. The summed E-state index contributed by atoms with van der Waals surface area (Å²) in [6.45, 7) is 11.0. The highest BCUT2D eigenvalue weighted by atomic mass is 19.1. The highest BCUT2D eigenvalue weighted by Gasteiger charge is 2.52. The molecule has 1 saturated heterocycles. The van der Waals surface area contributed by atoms with Crippen molar-refractivity contribution in [1.82, 2.24) is 5.32 Å². The van der Waals surface area contributed by atoms with Crippen LogP contribution in [0.15, 0.2) is 0 Å². The number of carbonyl (C=O) groups excluding carboxylic acids is 1. The fourth-order valence-electron chi connectivity index (χ4n) is 6.17. The van der Waals surface area contributed by atoms with Crippen LogP contribution in [0.25, 0.3) is 0 Å². The number of halogens is 1. The monoisotopic (exact) mass is 397 g/mol. The third kappa shape index (κ3) is 4.37. The maximum absolute atomic E-state index is 14.2. The number of hydrogen-bond donors (Lipinski definition) is 2. The van der Waals surface area contributed by atoms with Crippen molar-refractivity contribution in [2.45, 2.75) is 97.1 Å². The van der Waals surface area contributed by atoms with Gasteiger partial charge in [-0.15, -0.1) is 0 Å². The number of amides is 1. The molecular weight excluding hydrogens is 361 g/mol. The fourth-order valence-corrected chi connectivity index (χ4v) is 6.17. The van der Waals surface area contributed by atoms with E-state index in [1.165, 1.54) is 0 Å². The highest BCUT2D eigenvalue weighted by molar-refractivity contribution is 5.79. The van der Waals surface area contributed by atoms with Crippen LogP contribution in [0.2, 0.25) is 0 Å². The average Bonchev–Trinajstić information content (AvgIpc) is 2.53. The summed E-state index contributed by atoms with van der Waals surface area (Å²) in [5.41, 5.74) is -0.0455. The Balaban J connectivity index is 1.62. The molecule has 2 saturated carbocycles. The quantitative estimate of drug-likeness (QED) is 0.756. The van der Waals surface area contributed by atoms with Crippen LogP contribution in [0.1, 0.15) is 73.1 Å². The molecule has 1 amide bonds. The smallest absolute Gasteiger partial charge is 0.309 e. The van der Waals surface area contributed by atoms with Crippen molar-refractivity contribution in [3.05, 3.63) is 0 Å². The molecule has 28 heavy (non-hydrogen) atoms. The van der Waals surface area contributed by atoms with Crippen molar-refractivity contribution in [1.29, 1.82) is 0 Å². The zero-order valence-electron chi connectivity index (χ0n) is 17.8. The molecule has 7 atom stereocenters. The summed E-state index contributed by atoms with van der Waals surface area (Å²) in [5.74, 6) is -1.48. The predicted octanol–water partition coefficient (Wildman–Crippen LogP) is 3.95. The SMILES string of the molecule is CC1CC(C(=O)NC2CCC(C(=O)O)C(F)C2)CC2C1OC(C)(C)CC2(C)C. The third-order valence-electron chi connectivity index (χ3n) is 7.30. The summed E-state index contributed by atoms with van der Waals surface area (Å²) in [6, 6.07) is -0.263. The summed E-state index contributed by atoms with van der Waals surface area (Å²) in [4.78, 5) is 24.0. The zero-order valence-corrected chi connectivity index (χ0v) is 17.8. The van der Waals surface area contributed by atoms with Crippen LogP contribution in [-0.4, -0.2) is 40.9 Å². The first-order valence-corrected chi connectivity index (χ1v) is 10.7. The number of carboxylic acid groups (broad SMARTS) is 1. The molecule has 7 unspecified atom stereocenters. The molecule has 0 spiro atoms. The van der Waals surface area contributed by atoms with E-state index in [9.17, 15) is 14.0 Å². The van der Waals surface area contributed by atoms with Gasteiger partial charge in [-0.1, -0.05) is 20.8 Å². The van der Waals surface area contributed by atoms with Gasteiger partial charge in [-0.05, 0) is 69.6 Å². The van der Waals surface area contributed by atoms with Crippen molar-refractivity contribution in [3.8, 4) is 0 Å². The molecule has 2 N–H and O–H groups in total. The topological polar surface area (TPSA) is 75.6 Å². The molecule has 0 aromatic carbocycles. The molecule has 0 aromatic heterocycles. The summed E-state index contributed by atoms with van der Waals surface area (Å²) < 4.78 is 20.6. The summed E-state index contributed by atoms with van der Waals surface area (Å²) in [6.07, 6.45) is 2.23. The lowest BCUT2D eigenvalue weighted by Crippen LogP contribution is -2.56. The maximum Gasteiger partial charge on any atom is 0.309 e. The van der Waals surface area contributed by atoms with E-state index < -0.39 is 18.1 Å². The van der Waals surface area contributed by atoms with E-state index in [4.69, 9.17) is 9.84 Å². The van der Waals surface area contributed by atoms with Gasteiger partial charge in [-0.25, -0.2) is 4.39 Å². The predicted molar refractivity (Wildman–Crippen MR) is 105 cm³/mol. The van der Waals surface area contributed by atoms with Gasteiger partial charge in [0, 0.05) is 12.0 Å². The van der Waals surface area contributed by atoms with Crippen LogP contribution in [0, 0.1) is 29.1 Å². The molecule has 3 fully saturated rings. The van der Waals surface area contributed by atoms with E-state index in [0.717, 1.165) is 19.3 Å². The number of carbonyl (C=O) groups is 2. The normalized spacial score (nSPS) is 42.3. The van der Waals surface area contributed by atoms with E-state index in [-0.39, 0.29) is 47.8 Å². The minimum atomic E-state index is -1.39. The summed E-state index contributed by atoms with van der Waals surface area (Å²) in [7, 11) is 0. The minimum absolute atomic E-state index is 0.00286. The van der Waals surface area contributed by atoms with Gasteiger partial charge in [-0.3, -0.25) is 9.59 Å². The van der Waals surface area contributed by atoms with Gasteiger partial charge in [0.1, 0.15) is 6.17 Å². The van der Waals surface area contributed by atoms with E-state index >= 15 is 0 Å². The molecule has 160 valence electrons. The number of fused-ring (bicyclic) bond motifs is 1. The number of hydrogen-bond acceptors (Lipinski definition) is 3. The largest absolute Gasteiger partial charge is 0.481 e. The number of ether oxygens (including phenoxy) is 1. The molecule has 1 heterocycles. The van der Waals surface area contributed by atoms with Gasteiger partial charge in [-0.2, -0.15) is 0 Å². The molecule has 6 heteroatoms. The molecule has 0 radical (unpaired) electrons. The molecular formula is C22H36FNO4. The first-order valence-electron chi connectivity index (χ1n) is 10.7. The first kappa shape index (κ1) is 21.5. The van der Waals surface area contributed by atoms with E-state index in [1.807, 2.05) is 0 Å². The number of carboxylic acids is 1. The molecule has 0 aromatic rings. The Morgan fingerprint density at radius 3 is 2.39 bits per heavy atom. The first-order chi connectivity index (χ1) is 12.9. The second-order valence-electron chi connectivity index (χ2n) is 10.7. The van der Waals surface area contributed by atoms with Crippen molar-refractivity contribution < 1.29 is 23.8 Å². The van der Waals surface area contributed by atoms with Crippen LogP contribution in [0.5, 0.6) is 0 Å². The lowest BCUT2D eigenvalue weighted by Gasteiger charge is -2.56. The van der Waals surface area contributed by atoms with E-state index in [0.29, 0.717) is 18.3 Å². The van der Waals surface area contributed by atoms with Crippen LogP contribution in [-0.2, 0) is 14.3 Å². The minimum Gasteiger partial charge on any atom is -0.481 e. The van der Waals surface area contributed by atoms with Crippen molar-refractivity contribution in [3.63, 3.8) is 0 Å². The van der Waals surface area contributed by atoms with Crippen LogP contribution < -0.4 is 5.32 Å². The van der Waals surface area contributed by atoms with Gasteiger partial charge >= 0.3 is 5.97 Å². The fraction of sp³-hybridized carbons (Fsp3) is 0.909. The van der Waals surface area contributed by atoms with Crippen molar-refractivity contribution in [2.75, 3.05) is 0 Å². The Morgan fingerprint density at radius 1 is 1.11 bits per heavy atom. The third-order valence-corrected chi connectivity index (χ3v) is 7.30. The Labute approximate surface area is 167 Å². The Bertz CT molecular complexity index is 620. The van der Waals surface area contributed by atoms with Crippen molar-refractivity contribution in [2.24, 2.45) is 29.1 Å². The molecule has 2 aliphatic carbocycles. The Hall–Kier alpha value is -1.17. The van der Waals surface area contributed by atoms with Crippen LogP contribution in [0.3, 0.4) is 0 Å². The van der Waals surface area contributed by atoms with E-state index in [1.54, 1.807) is 0 Å². The lowest BCUT2D eigenvalue weighted by molar-refractivity contribution is -0.214. The Morgan fingerprint density at radius 2 is 1.79 bits per heavy atom. The molecule has 5 nitrogen and oxygen atoms in total. The van der Waals surface area contributed by atoms with Crippen LogP contribution >= 0.6 is 0 Å². The highest BCUT2D eigenvalue weighted by Crippen LogP contribution is 2.53. The van der Waals surface area contributed by atoms with E-state index in [2.05, 4.69) is 39.9 Å². The van der Waals surface area contributed by atoms with Gasteiger partial charge < -0.3 is 15.2 Å². The summed E-state index contributed by atoms with van der Waals surface area (Å²) in [5, 5.41) is 12.1. The Kier molecular flexibility index (Phi) is 5.83. The lowest BCUT2D eigenvalue weighted by atomic mass is 9.59. The van der Waals surface area contributed by atoms with Gasteiger partial charge in [0.05, 0.1) is 17.6 Å². The molecule has 3 aliphatic rings. The number of rotatable bonds is 3. The van der Waals surface area contributed by atoms with Gasteiger partial charge in [0.2, 0.25) is 5.91 Å². The number of aliphatic carboxylic acids is 1. The van der Waals surface area contributed by atoms with Gasteiger partial charge in [0.25, 0.3) is 0 Å². The standard InChI is InChI=1S/C22H36FNO4/c1-12-8-13(9-16-18(12)28-22(4,5)11-21(16,2)3)19(25)24-14-6-7-15(20(26)27)17(23)10-14/h12-18H,6-11H2,1-5H3,(H,24,25)(H,26,27).